The van der Waals surface area contributed by atoms with Gasteiger partial charge >= 0.3 is 7.82 Å². The highest BCUT2D eigenvalue weighted by molar-refractivity contribution is 7.46. The van der Waals surface area contributed by atoms with Crippen molar-refractivity contribution in [2.24, 2.45) is 0 Å². The third-order valence-electron chi connectivity index (χ3n) is 2.03. The van der Waals surface area contributed by atoms with Gasteiger partial charge in [-0.2, -0.15) is 0 Å². The van der Waals surface area contributed by atoms with Gasteiger partial charge in [0.05, 0.1) is 66.1 Å². The molecule has 9 nitrogen and oxygen atoms in total. The first kappa shape index (κ1) is 20.9. The van der Waals surface area contributed by atoms with E-state index in [4.69, 9.17) is 33.5 Å². The summed E-state index contributed by atoms with van der Waals surface area (Å²) < 4.78 is 40.1. The van der Waals surface area contributed by atoms with E-state index in [2.05, 4.69) is 4.52 Å². The molecule has 0 aliphatic heterocycles. The molecule has 0 spiro atoms. The molecule has 0 aromatic heterocycles. The lowest BCUT2D eigenvalue weighted by Gasteiger charge is -2.08. The summed E-state index contributed by atoms with van der Waals surface area (Å²) in [6, 6.07) is 0. The fourth-order valence-corrected chi connectivity index (χ4v) is 1.43. The number of hydrogen-bond acceptors (Lipinski definition) is 7. The number of phosphoric acid groups is 1. The van der Waals surface area contributed by atoms with Crippen molar-refractivity contribution in [1.82, 2.24) is 0 Å². The number of methoxy groups -OCH3 is 1. The summed E-state index contributed by atoms with van der Waals surface area (Å²) in [6.45, 7) is 3.71. The van der Waals surface area contributed by atoms with Gasteiger partial charge in [-0.25, -0.2) is 4.57 Å². The fourth-order valence-electron chi connectivity index (χ4n) is 1.12. The van der Waals surface area contributed by atoms with Crippen molar-refractivity contribution in [3.63, 3.8) is 0 Å². The molecular formula is C11H25O9P. The molecule has 0 aliphatic rings. The van der Waals surface area contributed by atoms with E-state index in [-0.39, 0.29) is 13.2 Å². The average molecular weight is 332 g/mol. The maximum atomic E-state index is 10.3. The molecule has 0 atom stereocenters. The van der Waals surface area contributed by atoms with Crippen LogP contribution >= 0.6 is 7.82 Å². The second-order valence-electron chi connectivity index (χ2n) is 3.77. The van der Waals surface area contributed by atoms with Crippen molar-refractivity contribution in [3.8, 4) is 0 Å². The van der Waals surface area contributed by atoms with Gasteiger partial charge in [0, 0.05) is 7.11 Å². The van der Waals surface area contributed by atoms with E-state index >= 15 is 0 Å². The van der Waals surface area contributed by atoms with Crippen LogP contribution in [0.15, 0.2) is 0 Å². The first-order chi connectivity index (χ1) is 10.1. The number of phosphoric ester groups is 1. The van der Waals surface area contributed by atoms with Crippen LogP contribution in [0, 0.1) is 0 Å². The molecule has 0 radical (unpaired) electrons. The van der Waals surface area contributed by atoms with E-state index in [0.717, 1.165) is 0 Å². The molecule has 0 heterocycles. The predicted molar refractivity (Wildman–Crippen MR) is 73.1 cm³/mol. The molecule has 10 heteroatoms. The normalized spacial score (nSPS) is 12.0. The number of hydrogen-bond donors (Lipinski definition) is 2. The van der Waals surface area contributed by atoms with Crippen LogP contribution in [-0.4, -0.2) is 83.0 Å². The summed E-state index contributed by atoms with van der Waals surface area (Å²) >= 11 is 0. The Balaban J connectivity index is 3.01. The monoisotopic (exact) mass is 332 g/mol. The van der Waals surface area contributed by atoms with E-state index in [1.807, 2.05) is 0 Å². The Kier molecular flexibility index (Phi) is 14.8. The van der Waals surface area contributed by atoms with Gasteiger partial charge < -0.3 is 33.5 Å². The summed E-state index contributed by atoms with van der Waals surface area (Å²) in [6.07, 6.45) is 0. The van der Waals surface area contributed by atoms with Crippen molar-refractivity contribution in [2.75, 3.05) is 73.2 Å². The van der Waals surface area contributed by atoms with Crippen molar-refractivity contribution in [3.05, 3.63) is 0 Å². The minimum absolute atomic E-state index is 0.101. The first-order valence-electron chi connectivity index (χ1n) is 6.56. The zero-order chi connectivity index (χ0) is 15.8. The standard InChI is InChI=1S/C11H25O9P/c1-15-2-3-16-4-5-17-6-7-18-8-9-19-10-11-20-21(12,13)14/h2-11H2,1H3,(H2,12,13,14). The second kappa shape index (κ2) is 14.8. The molecule has 0 aromatic carbocycles. The molecule has 0 aliphatic carbocycles. The summed E-state index contributed by atoms with van der Waals surface area (Å²) in [5.41, 5.74) is 0. The van der Waals surface area contributed by atoms with Gasteiger partial charge in [0.15, 0.2) is 0 Å². The molecule has 0 saturated carbocycles. The first-order valence-corrected chi connectivity index (χ1v) is 8.09. The zero-order valence-electron chi connectivity index (χ0n) is 12.3. The largest absolute Gasteiger partial charge is 0.469 e. The number of rotatable bonds is 16. The third-order valence-corrected chi connectivity index (χ3v) is 2.55. The molecule has 0 amide bonds. The van der Waals surface area contributed by atoms with Crippen LogP contribution in [0.1, 0.15) is 0 Å². The highest BCUT2D eigenvalue weighted by atomic mass is 31.2. The number of ether oxygens (including phenoxy) is 5. The molecule has 2 N–H and O–H groups in total. The Morgan fingerprint density at radius 1 is 0.667 bits per heavy atom. The molecule has 0 fully saturated rings. The Hall–Kier alpha value is -0.0900. The topological polar surface area (TPSA) is 113 Å². The van der Waals surface area contributed by atoms with Crippen LogP contribution < -0.4 is 0 Å². The van der Waals surface area contributed by atoms with Gasteiger partial charge in [-0.05, 0) is 0 Å². The Morgan fingerprint density at radius 2 is 1.00 bits per heavy atom. The molecular weight excluding hydrogens is 307 g/mol. The summed E-state index contributed by atoms with van der Waals surface area (Å²) in [7, 11) is -2.78. The average Bonchev–Trinajstić information content (AvgIpc) is 2.42. The lowest BCUT2D eigenvalue weighted by molar-refractivity contribution is -0.0105. The summed E-state index contributed by atoms with van der Waals surface area (Å²) in [5.74, 6) is 0. The molecule has 0 aromatic rings. The third kappa shape index (κ3) is 19.9. The highest BCUT2D eigenvalue weighted by Gasteiger charge is 2.12. The highest BCUT2D eigenvalue weighted by Crippen LogP contribution is 2.35. The maximum absolute atomic E-state index is 10.3. The minimum Gasteiger partial charge on any atom is -0.382 e. The van der Waals surface area contributed by atoms with Crippen LogP contribution in [0.3, 0.4) is 0 Å². The van der Waals surface area contributed by atoms with Crippen LogP contribution in [-0.2, 0) is 32.8 Å². The van der Waals surface area contributed by atoms with E-state index in [1.54, 1.807) is 7.11 Å². The smallest absolute Gasteiger partial charge is 0.382 e. The second-order valence-corrected chi connectivity index (χ2v) is 5.01. The molecule has 0 rings (SSSR count). The lowest BCUT2D eigenvalue weighted by atomic mass is 10.7. The van der Waals surface area contributed by atoms with Crippen molar-refractivity contribution >= 4 is 7.82 Å². The van der Waals surface area contributed by atoms with Gasteiger partial charge in [0.25, 0.3) is 0 Å². The van der Waals surface area contributed by atoms with Crippen LogP contribution in [0.4, 0.5) is 0 Å². The Morgan fingerprint density at radius 3 is 1.33 bits per heavy atom. The van der Waals surface area contributed by atoms with Gasteiger partial charge in [0.2, 0.25) is 0 Å². The van der Waals surface area contributed by atoms with Crippen molar-refractivity contribution < 1.29 is 42.6 Å². The quantitative estimate of drug-likeness (QED) is 0.293. The lowest BCUT2D eigenvalue weighted by Crippen LogP contribution is -2.13. The zero-order valence-corrected chi connectivity index (χ0v) is 13.2. The van der Waals surface area contributed by atoms with E-state index in [0.29, 0.717) is 52.9 Å². The Bertz CT molecular complexity index is 258. The van der Waals surface area contributed by atoms with E-state index < -0.39 is 7.82 Å². The fraction of sp³-hybridized carbons (Fsp3) is 1.00. The van der Waals surface area contributed by atoms with Gasteiger partial charge in [-0.3, -0.25) is 4.52 Å². The van der Waals surface area contributed by atoms with Crippen molar-refractivity contribution in [1.29, 1.82) is 0 Å². The SMILES string of the molecule is COCCOCCOCCOCCOCCOP(=O)(O)O. The van der Waals surface area contributed by atoms with Crippen LogP contribution in [0.2, 0.25) is 0 Å². The predicted octanol–water partition coefficient (Wildman–Crippen LogP) is -0.191. The molecule has 0 bridgehead atoms. The molecule has 128 valence electrons. The van der Waals surface area contributed by atoms with Gasteiger partial charge in [0.1, 0.15) is 0 Å². The van der Waals surface area contributed by atoms with E-state index in [1.165, 1.54) is 0 Å². The van der Waals surface area contributed by atoms with Crippen LogP contribution in [0.25, 0.3) is 0 Å². The summed E-state index contributed by atoms with van der Waals surface area (Å²) in [5, 5.41) is 0. The maximum Gasteiger partial charge on any atom is 0.469 e. The van der Waals surface area contributed by atoms with Gasteiger partial charge in [-0.15, -0.1) is 0 Å². The van der Waals surface area contributed by atoms with E-state index in [9.17, 15) is 4.57 Å². The molecule has 0 saturated heterocycles. The Labute approximate surface area is 124 Å². The molecule has 0 unspecified atom stereocenters. The molecule has 21 heavy (non-hydrogen) atoms. The summed E-state index contributed by atoms with van der Waals surface area (Å²) in [4.78, 5) is 16.8. The van der Waals surface area contributed by atoms with Crippen molar-refractivity contribution in [2.45, 2.75) is 0 Å². The van der Waals surface area contributed by atoms with Crippen LogP contribution in [0.5, 0.6) is 0 Å². The minimum atomic E-state index is -4.40. The van der Waals surface area contributed by atoms with Gasteiger partial charge in [-0.1, -0.05) is 0 Å².